The van der Waals surface area contributed by atoms with Crippen LogP contribution in [0.25, 0.3) is 0 Å². The number of carbonyl (C=O) groups is 3. The minimum absolute atomic E-state index is 0.0631. The Balaban J connectivity index is 1.96. The lowest BCUT2D eigenvalue weighted by Crippen LogP contribution is -2.48. The van der Waals surface area contributed by atoms with Crippen LogP contribution in [0.5, 0.6) is 5.75 Å². The predicted molar refractivity (Wildman–Crippen MR) is 137 cm³/mol. The first-order chi connectivity index (χ1) is 17.2. The van der Waals surface area contributed by atoms with E-state index in [1.165, 1.54) is 0 Å². The van der Waals surface area contributed by atoms with Gasteiger partial charge in [0.05, 0.1) is 23.3 Å². The molecule has 1 aromatic carbocycles. The second-order valence-electron chi connectivity index (χ2n) is 9.31. The van der Waals surface area contributed by atoms with E-state index in [4.69, 9.17) is 9.47 Å². The van der Waals surface area contributed by atoms with Crippen molar-refractivity contribution in [1.29, 1.82) is 0 Å². The number of anilines is 1. The number of hydrogen-bond donors (Lipinski definition) is 1. The number of hydrogen-bond acceptors (Lipinski definition) is 6. The molecule has 9 heteroatoms. The molecule has 1 aliphatic heterocycles. The van der Waals surface area contributed by atoms with E-state index in [2.05, 4.69) is 10.3 Å². The summed E-state index contributed by atoms with van der Waals surface area (Å²) in [5, 5.41) is 2.84. The number of rotatable bonds is 5. The summed E-state index contributed by atoms with van der Waals surface area (Å²) in [6, 6.07) is 8.23. The summed E-state index contributed by atoms with van der Waals surface area (Å²) in [4.78, 5) is 46.4. The zero-order valence-corrected chi connectivity index (χ0v) is 21.7. The first-order valence-electron chi connectivity index (χ1n) is 12.3. The van der Waals surface area contributed by atoms with Gasteiger partial charge in [-0.15, -0.1) is 0 Å². The molecular weight excluding hydrogens is 460 g/mol. The number of ether oxygens (including phenoxy) is 2. The molecule has 0 radical (unpaired) electrons. The van der Waals surface area contributed by atoms with Crippen molar-refractivity contribution in [3.05, 3.63) is 53.9 Å². The van der Waals surface area contributed by atoms with Crippen LogP contribution in [0.2, 0.25) is 0 Å². The van der Waals surface area contributed by atoms with E-state index in [0.717, 1.165) is 6.42 Å². The fourth-order valence-corrected chi connectivity index (χ4v) is 4.24. The number of likely N-dealkylation sites (N-methyl/N-ethyl adjacent to an activating group) is 1. The van der Waals surface area contributed by atoms with Crippen molar-refractivity contribution >= 4 is 23.4 Å². The molecule has 0 bridgehead atoms. The molecule has 2 aromatic rings. The molecule has 9 nitrogen and oxygen atoms in total. The standard InChI is InChI=1S/C27H36N4O5/c1-6-8-25(32)29-21-10-11-23-22(13-21)27(34)30(4)16-24(35-5)18(2)15-31(19(3)17-36-23)26(33)20-9-7-12-28-14-20/h7,9-14,18-19,24H,6,8,15-17H2,1-5H3,(H,29,32)/t18-,19-,24-/m1/s1. The minimum atomic E-state index is -0.299. The van der Waals surface area contributed by atoms with Crippen LogP contribution in [0.15, 0.2) is 42.7 Å². The Morgan fingerprint density at radius 3 is 2.67 bits per heavy atom. The average Bonchev–Trinajstić information content (AvgIpc) is 2.88. The number of aromatic nitrogens is 1. The van der Waals surface area contributed by atoms with E-state index in [0.29, 0.717) is 42.1 Å². The van der Waals surface area contributed by atoms with Gasteiger partial charge in [0.25, 0.3) is 11.8 Å². The molecule has 0 fully saturated rings. The van der Waals surface area contributed by atoms with Crippen LogP contribution in [0.4, 0.5) is 5.69 Å². The van der Waals surface area contributed by atoms with Crippen LogP contribution in [0.3, 0.4) is 0 Å². The molecule has 1 N–H and O–H groups in total. The van der Waals surface area contributed by atoms with Gasteiger partial charge >= 0.3 is 0 Å². The van der Waals surface area contributed by atoms with E-state index in [1.807, 2.05) is 20.8 Å². The Bertz CT molecular complexity index is 1060. The fraction of sp³-hybridized carbons (Fsp3) is 0.481. The van der Waals surface area contributed by atoms with Crippen molar-refractivity contribution in [3.8, 4) is 5.75 Å². The van der Waals surface area contributed by atoms with E-state index in [1.54, 1.807) is 66.7 Å². The molecule has 1 aliphatic rings. The summed E-state index contributed by atoms with van der Waals surface area (Å²) in [5.41, 5.74) is 1.37. The number of benzene rings is 1. The number of methoxy groups -OCH3 is 1. The Hall–Kier alpha value is -3.46. The molecule has 3 rings (SSSR count). The van der Waals surface area contributed by atoms with E-state index >= 15 is 0 Å². The van der Waals surface area contributed by atoms with Crippen LogP contribution in [-0.4, -0.2) is 78.5 Å². The van der Waals surface area contributed by atoms with Crippen molar-refractivity contribution in [2.75, 3.05) is 39.2 Å². The second kappa shape index (κ2) is 12.5. The lowest BCUT2D eigenvalue weighted by molar-refractivity contribution is -0.116. The highest BCUT2D eigenvalue weighted by molar-refractivity contribution is 5.99. The number of fused-ring (bicyclic) bond motifs is 1. The Labute approximate surface area is 212 Å². The number of amides is 3. The van der Waals surface area contributed by atoms with Gasteiger partial charge in [0.15, 0.2) is 0 Å². The van der Waals surface area contributed by atoms with E-state index in [-0.39, 0.29) is 42.4 Å². The topological polar surface area (TPSA) is 101 Å². The van der Waals surface area contributed by atoms with Crippen molar-refractivity contribution in [2.45, 2.75) is 45.8 Å². The molecule has 0 saturated heterocycles. The van der Waals surface area contributed by atoms with Crippen LogP contribution < -0.4 is 10.1 Å². The lowest BCUT2D eigenvalue weighted by Gasteiger charge is -2.36. The second-order valence-corrected chi connectivity index (χ2v) is 9.31. The van der Waals surface area contributed by atoms with Crippen LogP contribution in [-0.2, 0) is 9.53 Å². The molecule has 0 aliphatic carbocycles. The molecule has 0 unspecified atom stereocenters. The molecule has 3 amide bonds. The quantitative estimate of drug-likeness (QED) is 0.680. The number of carbonyl (C=O) groups excluding carboxylic acids is 3. The SMILES string of the molecule is CCCC(=O)Nc1ccc2c(c1)C(=O)N(C)C[C@@H](OC)[C@H](C)CN(C(=O)c1cccnc1)[C@H](C)CO2. The lowest BCUT2D eigenvalue weighted by atomic mass is 10.0. The number of nitrogens with zero attached hydrogens (tertiary/aromatic N) is 3. The van der Waals surface area contributed by atoms with Gasteiger partial charge in [-0.3, -0.25) is 19.4 Å². The zero-order chi connectivity index (χ0) is 26.2. The van der Waals surface area contributed by atoms with Crippen LogP contribution in [0.1, 0.15) is 54.3 Å². The summed E-state index contributed by atoms with van der Waals surface area (Å²) < 4.78 is 11.9. The van der Waals surface area contributed by atoms with Gasteiger partial charge < -0.3 is 24.6 Å². The zero-order valence-electron chi connectivity index (χ0n) is 21.7. The molecule has 0 saturated carbocycles. The van der Waals surface area contributed by atoms with Gasteiger partial charge in [0, 0.05) is 57.7 Å². The molecular formula is C27H36N4O5. The van der Waals surface area contributed by atoms with Crippen LogP contribution in [0, 0.1) is 5.92 Å². The third-order valence-electron chi connectivity index (χ3n) is 6.37. The number of nitrogens with one attached hydrogen (secondary N) is 1. The Morgan fingerprint density at radius 2 is 2.00 bits per heavy atom. The van der Waals surface area contributed by atoms with Gasteiger partial charge in [0.2, 0.25) is 5.91 Å². The maximum atomic E-state index is 13.4. The van der Waals surface area contributed by atoms with Gasteiger partial charge in [0.1, 0.15) is 12.4 Å². The Kier molecular flexibility index (Phi) is 9.41. The molecule has 3 atom stereocenters. The fourth-order valence-electron chi connectivity index (χ4n) is 4.24. The van der Waals surface area contributed by atoms with Gasteiger partial charge in [-0.05, 0) is 43.7 Å². The van der Waals surface area contributed by atoms with Crippen molar-refractivity contribution in [3.63, 3.8) is 0 Å². The molecule has 1 aromatic heterocycles. The molecule has 2 heterocycles. The van der Waals surface area contributed by atoms with Crippen LogP contribution >= 0.6 is 0 Å². The highest BCUT2D eigenvalue weighted by Gasteiger charge is 2.31. The highest BCUT2D eigenvalue weighted by Crippen LogP contribution is 2.27. The van der Waals surface area contributed by atoms with Crippen molar-refractivity contribution < 1.29 is 23.9 Å². The number of pyridine rings is 1. The average molecular weight is 497 g/mol. The first-order valence-corrected chi connectivity index (χ1v) is 12.3. The monoisotopic (exact) mass is 496 g/mol. The smallest absolute Gasteiger partial charge is 0.257 e. The van der Waals surface area contributed by atoms with E-state index in [9.17, 15) is 14.4 Å². The minimum Gasteiger partial charge on any atom is -0.491 e. The maximum absolute atomic E-state index is 13.4. The summed E-state index contributed by atoms with van der Waals surface area (Å²) in [6.07, 6.45) is 4.01. The third kappa shape index (κ3) is 6.60. The van der Waals surface area contributed by atoms with Gasteiger partial charge in [-0.25, -0.2) is 0 Å². The first kappa shape index (κ1) is 27.1. The highest BCUT2D eigenvalue weighted by atomic mass is 16.5. The maximum Gasteiger partial charge on any atom is 0.257 e. The van der Waals surface area contributed by atoms with Crippen molar-refractivity contribution in [1.82, 2.24) is 14.8 Å². The normalized spacial score (nSPS) is 21.0. The largest absolute Gasteiger partial charge is 0.491 e. The van der Waals surface area contributed by atoms with Crippen molar-refractivity contribution in [2.24, 2.45) is 5.92 Å². The summed E-state index contributed by atoms with van der Waals surface area (Å²) in [5.74, 6) is -0.159. The van der Waals surface area contributed by atoms with Gasteiger partial charge in [-0.2, -0.15) is 0 Å². The summed E-state index contributed by atoms with van der Waals surface area (Å²) in [6.45, 7) is 6.79. The summed E-state index contributed by atoms with van der Waals surface area (Å²) in [7, 11) is 3.32. The predicted octanol–water partition coefficient (Wildman–Crippen LogP) is 3.47. The van der Waals surface area contributed by atoms with E-state index < -0.39 is 0 Å². The molecule has 194 valence electrons. The summed E-state index contributed by atoms with van der Waals surface area (Å²) >= 11 is 0. The molecule has 0 spiro atoms. The third-order valence-corrected chi connectivity index (χ3v) is 6.37. The van der Waals surface area contributed by atoms with Gasteiger partial charge in [-0.1, -0.05) is 13.8 Å². The molecule has 36 heavy (non-hydrogen) atoms. The Morgan fingerprint density at radius 1 is 1.22 bits per heavy atom.